The third-order valence-corrected chi connectivity index (χ3v) is 3.83. The summed E-state index contributed by atoms with van der Waals surface area (Å²) in [6.07, 6.45) is 1.10. The van der Waals surface area contributed by atoms with Crippen LogP contribution in [0.1, 0.15) is 18.9 Å². The molecule has 2 nitrogen and oxygen atoms in total. The van der Waals surface area contributed by atoms with Crippen LogP contribution < -0.4 is 5.73 Å². The van der Waals surface area contributed by atoms with Gasteiger partial charge in [0, 0.05) is 19.2 Å². The molecule has 1 fully saturated rings. The van der Waals surface area contributed by atoms with Crippen molar-refractivity contribution in [2.45, 2.75) is 19.9 Å². The summed E-state index contributed by atoms with van der Waals surface area (Å²) in [5.74, 6) is 0.101. The van der Waals surface area contributed by atoms with Crippen molar-refractivity contribution in [3.8, 4) is 0 Å². The van der Waals surface area contributed by atoms with Gasteiger partial charge in [-0.25, -0.2) is 8.78 Å². The SMILES string of the molecule is CC1CCN(Cc2cc(F)cc(F)c2)CC1CN. The molecule has 1 saturated heterocycles. The number of benzene rings is 1. The van der Waals surface area contributed by atoms with Crippen molar-refractivity contribution in [2.75, 3.05) is 19.6 Å². The van der Waals surface area contributed by atoms with Crippen LogP contribution in [0.25, 0.3) is 0 Å². The number of hydrogen-bond donors (Lipinski definition) is 1. The Morgan fingerprint density at radius 2 is 1.94 bits per heavy atom. The Bertz CT molecular complexity index is 389. The molecule has 1 aliphatic heterocycles. The lowest BCUT2D eigenvalue weighted by Crippen LogP contribution is -2.42. The second-order valence-electron chi connectivity index (χ2n) is 5.27. The number of halogens is 2. The standard InChI is InChI=1S/C14H20F2N2/c1-10-2-3-18(9-12(10)7-17)8-11-4-13(15)6-14(16)5-11/h4-6,10,12H,2-3,7-9,17H2,1H3. The number of piperidine rings is 1. The van der Waals surface area contributed by atoms with Gasteiger partial charge in [0.05, 0.1) is 0 Å². The van der Waals surface area contributed by atoms with Crippen molar-refractivity contribution in [1.82, 2.24) is 4.90 Å². The summed E-state index contributed by atoms with van der Waals surface area (Å²) in [5, 5.41) is 0. The minimum absolute atomic E-state index is 0.483. The summed E-state index contributed by atoms with van der Waals surface area (Å²) in [6, 6.07) is 3.71. The predicted octanol–water partition coefficient (Wildman–Crippen LogP) is 2.38. The second-order valence-corrected chi connectivity index (χ2v) is 5.27. The van der Waals surface area contributed by atoms with E-state index in [1.54, 1.807) is 0 Å². The molecule has 100 valence electrons. The lowest BCUT2D eigenvalue weighted by Gasteiger charge is -2.36. The number of hydrogen-bond acceptors (Lipinski definition) is 2. The lowest BCUT2D eigenvalue weighted by molar-refractivity contribution is 0.126. The molecule has 2 atom stereocenters. The molecule has 1 aromatic carbocycles. The van der Waals surface area contributed by atoms with Crippen LogP contribution in [0, 0.1) is 23.5 Å². The first-order valence-corrected chi connectivity index (χ1v) is 6.46. The van der Waals surface area contributed by atoms with Crippen molar-refractivity contribution in [3.63, 3.8) is 0 Å². The molecule has 2 unspecified atom stereocenters. The first-order valence-electron chi connectivity index (χ1n) is 6.46. The molecule has 0 aromatic heterocycles. The van der Waals surface area contributed by atoms with E-state index in [1.807, 2.05) is 0 Å². The van der Waals surface area contributed by atoms with Gasteiger partial charge in [0.25, 0.3) is 0 Å². The highest BCUT2D eigenvalue weighted by Crippen LogP contribution is 2.23. The Morgan fingerprint density at radius 1 is 1.28 bits per heavy atom. The van der Waals surface area contributed by atoms with E-state index >= 15 is 0 Å². The third-order valence-electron chi connectivity index (χ3n) is 3.83. The number of likely N-dealkylation sites (tertiary alicyclic amines) is 1. The molecule has 1 heterocycles. The molecule has 1 aromatic rings. The molecular formula is C14H20F2N2. The third kappa shape index (κ3) is 3.27. The van der Waals surface area contributed by atoms with Crippen LogP contribution in [0.5, 0.6) is 0 Å². The van der Waals surface area contributed by atoms with Gasteiger partial charge < -0.3 is 5.73 Å². The number of rotatable bonds is 3. The van der Waals surface area contributed by atoms with Gasteiger partial charge in [0.2, 0.25) is 0 Å². The minimum atomic E-state index is -0.509. The molecule has 0 spiro atoms. The minimum Gasteiger partial charge on any atom is -0.330 e. The van der Waals surface area contributed by atoms with Gasteiger partial charge in [0.1, 0.15) is 11.6 Å². The molecule has 0 bridgehead atoms. The van der Waals surface area contributed by atoms with Crippen LogP contribution >= 0.6 is 0 Å². The summed E-state index contributed by atoms with van der Waals surface area (Å²) in [4.78, 5) is 2.23. The average molecular weight is 254 g/mol. The van der Waals surface area contributed by atoms with Crippen molar-refractivity contribution in [3.05, 3.63) is 35.4 Å². The van der Waals surface area contributed by atoms with Crippen LogP contribution in [-0.4, -0.2) is 24.5 Å². The highest BCUT2D eigenvalue weighted by Gasteiger charge is 2.25. The molecule has 0 radical (unpaired) electrons. The summed E-state index contributed by atoms with van der Waals surface area (Å²) in [7, 11) is 0. The van der Waals surface area contributed by atoms with E-state index in [0.717, 1.165) is 25.6 Å². The van der Waals surface area contributed by atoms with E-state index in [4.69, 9.17) is 5.73 Å². The molecule has 0 amide bonds. The smallest absolute Gasteiger partial charge is 0.126 e. The summed E-state index contributed by atoms with van der Waals surface area (Å²) in [5.41, 5.74) is 6.44. The first kappa shape index (κ1) is 13.4. The van der Waals surface area contributed by atoms with Crippen LogP contribution in [0.2, 0.25) is 0 Å². The average Bonchev–Trinajstić information content (AvgIpc) is 2.30. The van der Waals surface area contributed by atoms with Crippen LogP contribution in [-0.2, 0) is 6.54 Å². The fraction of sp³-hybridized carbons (Fsp3) is 0.571. The van der Waals surface area contributed by atoms with E-state index in [2.05, 4.69) is 11.8 Å². The second kappa shape index (κ2) is 5.76. The molecule has 1 aliphatic rings. The zero-order chi connectivity index (χ0) is 13.1. The highest BCUT2D eigenvalue weighted by molar-refractivity contribution is 5.17. The van der Waals surface area contributed by atoms with Crippen molar-refractivity contribution in [1.29, 1.82) is 0 Å². The topological polar surface area (TPSA) is 29.3 Å². The summed E-state index contributed by atoms with van der Waals surface area (Å²) < 4.78 is 26.2. The molecular weight excluding hydrogens is 234 g/mol. The van der Waals surface area contributed by atoms with Gasteiger partial charge in [-0.05, 0) is 49.0 Å². The normalized spacial score (nSPS) is 25.3. The van der Waals surface area contributed by atoms with Gasteiger partial charge in [-0.1, -0.05) is 6.92 Å². The van der Waals surface area contributed by atoms with Crippen molar-refractivity contribution >= 4 is 0 Å². The van der Waals surface area contributed by atoms with E-state index in [9.17, 15) is 8.78 Å². The maximum atomic E-state index is 13.1. The van der Waals surface area contributed by atoms with Gasteiger partial charge in [0.15, 0.2) is 0 Å². The highest BCUT2D eigenvalue weighted by atomic mass is 19.1. The fourth-order valence-corrected chi connectivity index (χ4v) is 2.64. The zero-order valence-electron chi connectivity index (χ0n) is 10.7. The number of nitrogens with zero attached hydrogens (tertiary/aromatic N) is 1. The van der Waals surface area contributed by atoms with Crippen molar-refractivity contribution in [2.24, 2.45) is 17.6 Å². The van der Waals surface area contributed by atoms with Gasteiger partial charge in [-0.3, -0.25) is 4.90 Å². The summed E-state index contributed by atoms with van der Waals surface area (Å²) in [6.45, 7) is 5.37. The molecule has 0 aliphatic carbocycles. The van der Waals surface area contributed by atoms with Gasteiger partial charge in [-0.2, -0.15) is 0 Å². The summed E-state index contributed by atoms with van der Waals surface area (Å²) >= 11 is 0. The molecule has 2 rings (SSSR count). The Labute approximate surface area is 107 Å². The Hall–Kier alpha value is -1.00. The van der Waals surface area contributed by atoms with E-state index < -0.39 is 11.6 Å². The Morgan fingerprint density at radius 3 is 2.56 bits per heavy atom. The van der Waals surface area contributed by atoms with Gasteiger partial charge in [-0.15, -0.1) is 0 Å². The maximum absolute atomic E-state index is 13.1. The zero-order valence-corrected chi connectivity index (χ0v) is 10.7. The maximum Gasteiger partial charge on any atom is 0.126 e. The van der Waals surface area contributed by atoms with E-state index in [1.165, 1.54) is 12.1 Å². The van der Waals surface area contributed by atoms with Crippen LogP contribution in [0.4, 0.5) is 8.78 Å². The lowest BCUT2D eigenvalue weighted by atomic mass is 9.87. The largest absolute Gasteiger partial charge is 0.330 e. The predicted molar refractivity (Wildman–Crippen MR) is 68.0 cm³/mol. The monoisotopic (exact) mass is 254 g/mol. The van der Waals surface area contributed by atoms with Crippen molar-refractivity contribution < 1.29 is 8.78 Å². The quantitative estimate of drug-likeness (QED) is 0.897. The molecule has 2 N–H and O–H groups in total. The molecule has 18 heavy (non-hydrogen) atoms. The Balaban J connectivity index is 2.01. The number of nitrogens with two attached hydrogens (primary N) is 1. The van der Waals surface area contributed by atoms with E-state index in [-0.39, 0.29) is 0 Å². The molecule has 4 heteroatoms. The van der Waals surface area contributed by atoms with Gasteiger partial charge >= 0.3 is 0 Å². The van der Waals surface area contributed by atoms with E-state index in [0.29, 0.717) is 30.5 Å². The fourth-order valence-electron chi connectivity index (χ4n) is 2.64. The van der Waals surface area contributed by atoms with Crippen LogP contribution in [0.15, 0.2) is 18.2 Å². The first-order chi connectivity index (χ1) is 8.58. The van der Waals surface area contributed by atoms with Crippen LogP contribution in [0.3, 0.4) is 0 Å². The molecule has 0 saturated carbocycles. The Kier molecular flexibility index (Phi) is 4.30.